The fourth-order valence-electron chi connectivity index (χ4n) is 2.15. The molecule has 0 bridgehead atoms. The summed E-state index contributed by atoms with van der Waals surface area (Å²) in [6, 6.07) is 7.31. The van der Waals surface area contributed by atoms with Gasteiger partial charge in [-0.15, -0.1) is 11.3 Å². The minimum Gasteiger partial charge on any atom is -0.472 e. The van der Waals surface area contributed by atoms with Gasteiger partial charge in [-0.05, 0) is 38.1 Å². The van der Waals surface area contributed by atoms with Crippen LogP contribution in [-0.2, 0) is 19.6 Å². The zero-order valence-electron chi connectivity index (χ0n) is 11.3. The van der Waals surface area contributed by atoms with Crippen LogP contribution < -0.4 is 5.32 Å². The zero-order chi connectivity index (χ0) is 13.1. The molecular weight excluding hydrogens is 256 g/mol. The molecule has 102 valence electrons. The summed E-state index contributed by atoms with van der Waals surface area (Å²) in [6.07, 6.45) is 6.25. The van der Waals surface area contributed by atoms with Gasteiger partial charge < -0.3 is 9.73 Å². The second-order valence-corrected chi connectivity index (χ2v) is 6.58. The summed E-state index contributed by atoms with van der Waals surface area (Å²) in [7, 11) is 2.15. The Balaban J connectivity index is 1.48. The second-order valence-electron chi connectivity index (χ2n) is 5.33. The summed E-state index contributed by atoms with van der Waals surface area (Å²) >= 11 is 1.92. The first-order chi connectivity index (χ1) is 9.29. The molecule has 1 aliphatic carbocycles. The molecular formula is C15H20N2OS. The predicted octanol–water partition coefficient (Wildman–Crippen LogP) is 3.23. The molecule has 0 amide bonds. The van der Waals surface area contributed by atoms with Crippen molar-refractivity contribution in [3.05, 3.63) is 46.0 Å². The quantitative estimate of drug-likeness (QED) is 0.841. The van der Waals surface area contributed by atoms with E-state index in [0.717, 1.165) is 25.7 Å². The van der Waals surface area contributed by atoms with E-state index in [-0.39, 0.29) is 0 Å². The molecule has 3 rings (SSSR count). The molecule has 0 atom stereocenters. The Labute approximate surface area is 118 Å². The highest BCUT2D eigenvalue weighted by atomic mass is 32.1. The van der Waals surface area contributed by atoms with Crippen LogP contribution in [0.5, 0.6) is 0 Å². The van der Waals surface area contributed by atoms with Gasteiger partial charge in [-0.2, -0.15) is 0 Å². The molecule has 0 radical (unpaired) electrons. The maximum Gasteiger partial charge on any atom is 0.0947 e. The predicted molar refractivity (Wildman–Crippen MR) is 78.1 cm³/mol. The highest BCUT2D eigenvalue weighted by molar-refractivity contribution is 7.11. The van der Waals surface area contributed by atoms with Gasteiger partial charge in [0, 0.05) is 41.0 Å². The van der Waals surface area contributed by atoms with Crippen LogP contribution in [0.25, 0.3) is 0 Å². The third-order valence-corrected chi connectivity index (χ3v) is 4.39. The fourth-order valence-corrected chi connectivity index (χ4v) is 3.20. The van der Waals surface area contributed by atoms with Crippen molar-refractivity contribution in [2.24, 2.45) is 0 Å². The molecule has 2 heterocycles. The van der Waals surface area contributed by atoms with Gasteiger partial charge in [0.05, 0.1) is 12.5 Å². The molecule has 0 aromatic carbocycles. The molecule has 0 unspecified atom stereocenters. The number of thiophene rings is 1. The number of rotatable bonds is 7. The maximum atomic E-state index is 5.10. The van der Waals surface area contributed by atoms with Gasteiger partial charge in [0.1, 0.15) is 0 Å². The maximum absolute atomic E-state index is 5.10. The van der Waals surface area contributed by atoms with Crippen molar-refractivity contribution in [1.29, 1.82) is 0 Å². The number of hydrogen-bond donors (Lipinski definition) is 1. The zero-order valence-corrected chi connectivity index (χ0v) is 12.1. The summed E-state index contributed by atoms with van der Waals surface area (Å²) in [5.41, 5.74) is 1.23. The lowest BCUT2D eigenvalue weighted by Gasteiger charge is -2.14. The molecule has 1 aliphatic rings. The Morgan fingerprint density at radius 1 is 1.26 bits per heavy atom. The van der Waals surface area contributed by atoms with Crippen molar-refractivity contribution in [3.63, 3.8) is 0 Å². The first-order valence-electron chi connectivity index (χ1n) is 6.80. The van der Waals surface area contributed by atoms with E-state index in [2.05, 4.69) is 29.4 Å². The highest BCUT2D eigenvalue weighted by Crippen LogP contribution is 2.22. The summed E-state index contributed by atoms with van der Waals surface area (Å²) in [4.78, 5) is 5.19. The molecule has 1 saturated carbocycles. The van der Waals surface area contributed by atoms with Crippen LogP contribution in [0.4, 0.5) is 0 Å². The lowest BCUT2D eigenvalue weighted by molar-refractivity contribution is 0.320. The van der Waals surface area contributed by atoms with Crippen LogP contribution in [0.1, 0.15) is 28.2 Å². The molecule has 0 spiro atoms. The average Bonchev–Trinajstić information content (AvgIpc) is 2.88. The van der Waals surface area contributed by atoms with Crippen LogP contribution in [0.15, 0.2) is 35.1 Å². The first-order valence-corrected chi connectivity index (χ1v) is 7.62. The number of hydrogen-bond acceptors (Lipinski definition) is 4. The monoisotopic (exact) mass is 276 g/mol. The smallest absolute Gasteiger partial charge is 0.0947 e. The lowest BCUT2D eigenvalue weighted by Crippen LogP contribution is -2.16. The van der Waals surface area contributed by atoms with E-state index in [0.29, 0.717) is 0 Å². The van der Waals surface area contributed by atoms with Crippen LogP contribution in [-0.4, -0.2) is 18.0 Å². The van der Waals surface area contributed by atoms with E-state index in [9.17, 15) is 0 Å². The highest BCUT2D eigenvalue weighted by Gasteiger charge is 2.20. The number of nitrogens with one attached hydrogen (secondary N) is 1. The van der Waals surface area contributed by atoms with Gasteiger partial charge in [0.2, 0.25) is 0 Å². The third-order valence-electron chi connectivity index (χ3n) is 3.32. The van der Waals surface area contributed by atoms with Gasteiger partial charge in [0.15, 0.2) is 0 Å². The van der Waals surface area contributed by atoms with Gasteiger partial charge >= 0.3 is 0 Å². The Morgan fingerprint density at radius 3 is 2.84 bits per heavy atom. The minimum absolute atomic E-state index is 0.786. The van der Waals surface area contributed by atoms with Crippen LogP contribution in [0.2, 0.25) is 0 Å². The van der Waals surface area contributed by atoms with Gasteiger partial charge in [0.25, 0.3) is 0 Å². The van der Waals surface area contributed by atoms with Crippen LogP contribution in [0, 0.1) is 0 Å². The molecule has 2 aromatic rings. The number of furan rings is 1. The van der Waals surface area contributed by atoms with Crippen molar-refractivity contribution in [1.82, 2.24) is 10.2 Å². The van der Waals surface area contributed by atoms with Crippen LogP contribution >= 0.6 is 11.3 Å². The van der Waals surface area contributed by atoms with Crippen molar-refractivity contribution in [2.75, 3.05) is 7.05 Å². The Bertz CT molecular complexity index is 502. The molecule has 3 nitrogen and oxygen atoms in total. The lowest BCUT2D eigenvalue weighted by atomic mass is 10.3. The largest absolute Gasteiger partial charge is 0.472 e. The Hall–Kier alpha value is -1.10. The van der Waals surface area contributed by atoms with E-state index in [1.807, 2.05) is 23.7 Å². The summed E-state index contributed by atoms with van der Waals surface area (Å²) < 4.78 is 5.10. The van der Waals surface area contributed by atoms with E-state index in [4.69, 9.17) is 4.42 Å². The Kier molecular flexibility index (Phi) is 4.01. The van der Waals surface area contributed by atoms with Gasteiger partial charge in [-0.25, -0.2) is 0 Å². The molecule has 2 aromatic heterocycles. The standard InChI is InChI=1S/C15H20N2OS/c1-17(9-12-6-7-18-11-12)10-15-5-4-14(19-15)8-16-13-2-3-13/h4-7,11,13,16H,2-3,8-10H2,1H3. The SMILES string of the molecule is CN(Cc1ccoc1)Cc1ccc(CNC2CC2)s1. The van der Waals surface area contributed by atoms with E-state index < -0.39 is 0 Å². The van der Waals surface area contributed by atoms with E-state index in [1.54, 1.807) is 6.26 Å². The number of nitrogens with zero attached hydrogens (tertiary/aromatic N) is 1. The molecule has 1 fully saturated rings. The summed E-state index contributed by atoms with van der Waals surface area (Å²) in [5.74, 6) is 0. The van der Waals surface area contributed by atoms with Crippen molar-refractivity contribution in [3.8, 4) is 0 Å². The second kappa shape index (κ2) is 5.90. The van der Waals surface area contributed by atoms with Crippen LogP contribution in [0.3, 0.4) is 0 Å². The van der Waals surface area contributed by atoms with Gasteiger partial charge in [-0.1, -0.05) is 0 Å². The summed E-state index contributed by atoms with van der Waals surface area (Å²) in [6.45, 7) is 2.96. The fraction of sp³-hybridized carbons (Fsp3) is 0.467. The van der Waals surface area contributed by atoms with E-state index in [1.165, 1.54) is 28.2 Å². The normalized spacial score (nSPS) is 15.3. The third kappa shape index (κ3) is 3.93. The van der Waals surface area contributed by atoms with Crippen molar-refractivity contribution >= 4 is 11.3 Å². The van der Waals surface area contributed by atoms with E-state index >= 15 is 0 Å². The first kappa shape index (κ1) is 12.9. The van der Waals surface area contributed by atoms with Crippen molar-refractivity contribution < 1.29 is 4.42 Å². The molecule has 1 N–H and O–H groups in total. The minimum atomic E-state index is 0.786. The average molecular weight is 276 g/mol. The molecule has 0 aliphatic heterocycles. The molecule has 4 heteroatoms. The summed E-state index contributed by atoms with van der Waals surface area (Å²) in [5, 5.41) is 3.56. The van der Waals surface area contributed by atoms with Crippen molar-refractivity contribution in [2.45, 2.75) is 38.5 Å². The Morgan fingerprint density at radius 2 is 2.11 bits per heavy atom. The topological polar surface area (TPSA) is 28.4 Å². The molecule has 0 saturated heterocycles. The van der Waals surface area contributed by atoms with Gasteiger partial charge in [-0.3, -0.25) is 4.90 Å². The molecule has 19 heavy (non-hydrogen) atoms.